The van der Waals surface area contributed by atoms with Gasteiger partial charge in [-0.2, -0.15) is 4.98 Å². The number of Topliss-reactive ketones (excluding diaryl/α,β-unsaturated/α-hetero) is 1. The van der Waals surface area contributed by atoms with Crippen molar-refractivity contribution in [1.29, 1.82) is 0 Å². The maximum atomic E-state index is 11.2. The fourth-order valence-electron chi connectivity index (χ4n) is 4.10. The smallest absolute Gasteiger partial charge is 0.258 e. The van der Waals surface area contributed by atoms with Gasteiger partial charge in [0.15, 0.2) is 0 Å². The van der Waals surface area contributed by atoms with Crippen LogP contribution in [0.1, 0.15) is 30.0 Å². The minimum absolute atomic E-state index is 0.208. The number of ether oxygens (including phenoxy) is 1. The maximum Gasteiger partial charge on any atom is 0.258 e. The summed E-state index contributed by atoms with van der Waals surface area (Å²) in [6.45, 7) is 5.75. The van der Waals surface area contributed by atoms with Gasteiger partial charge in [-0.15, -0.1) is 0 Å². The van der Waals surface area contributed by atoms with Crippen molar-refractivity contribution in [2.24, 2.45) is 0 Å². The minimum atomic E-state index is 0.208. The summed E-state index contributed by atoms with van der Waals surface area (Å²) in [5.74, 6) is 1.23. The highest BCUT2D eigenvalue weighted by atomic mass is 16.5. The average molecular weight is 470 g/mol. The molecule has 0 aliphatic rings. The molecule has 0 unspecified atom stereocenters. The molecule has 35 heavy (non-hydrogen) atoms. The van der Waals surface area contributed by atoms with Crippen LogP contribution >= 0.6 is 0 Å². The number of rotatable bonds is 10. The Morgan fingerprint density at radius 3 is 2.46 bits per heavy atom. The van der Waals surface area contributed by atoms with Crippen molar-refractivity contribution >= 4 is 5.78 Å². The van der Waals surface area contributed by atoms with E-state index in [1.807, 2.05) is 37.4 Å². The summed E-state index contributed by atoms with van der Waals surface area (Å²) >= 11 is 0. The Bertz CT molecular complexity index is 1290. The predicted octanol–water partition coefficient (Wildman–Crippen LogP) is 5.94. The van der Waals surface area contributed by atoms with E-state index in [2.05, 4.69) is 58.4 Å². The predicted molar refractivity (Wildman–Crippen MR) is 138 cm³/mol. The molecule has 4 rings (SSSR count). The fraction of sp³-hybridized carbons (Fsp3) is 0.276. The number of hydrogen-bond acceptors (Lipinski definition) is 6. The van der Waals surface area contributed by atoms with E-state index in [-0.39, 0.29) is 5.78 Å². The molecule has 3 aromatic carbocycles. The van der Waals surface area contributed by atoms with Crippen LogP contribution in [0.5, 0.6) is 0 Å². The van der Waals surface area contributed by atoms with Crippen LogP contribution in [0.4, 0.5) is 0 Å². The fourth-order valence-corrected chi connectivity index (χ4v) is 4.10. The van der Waals surface area contributed by atoms with Crippen LogP contribution in [0.2, 0.25) is 0 Å². The molecule has 0 bridgehead atoms. The van der Waals surface area contributed by atoms with E-state index in [9.17, 15) is 4.79 Å². The van der Waals surface area contributed by atoms with Crippen molar-refractivity contribution in [3.63, 3.8) is 0 Å². The monoisotopic (exact) mass is 469 g/mol. The molecule has 0 N–H and O–H groups in total. The molecule has 0 radical (unpaired) electrons. The second-order valence-corrected chi connectivity index (χ2v) is 8.93. The normalized spacial score (nSPS) is 11.2. The Morgan fingerprint density at radius 1 is 1.00 bits per heavy atom. The molecule has 0 spiro atoms. The zero-order valence-corrected chi connectivity index (χ0v) is 20.7. The lowest BCUT2D eigenvalue weighted by Gasteiger charge is -2.15. The molecule has 180 valence electrons. The lowest BCUT2D eigenvalue weighted by molar-refractivity contribution is -0.117. The topological polar surface area (TPSA) is 68.5 Å². The lowest BCUT2D eigenvalue weighted by Crippen LogP contribution is -2.20. The minimum Gasteiger partial charge on any atom is -0.380 e. The summed E-state index contributed by atoms with van der Waals surface area (Å²) < 4.78 is 11.1. The number of hydrogen-bond donors (Lipinski definition) is 0. The van der Waals surface area contributed by atoms with Gasteiger partial charge in [0.1, 0.15) is 5.78 Å². The number of methoxy groups -OCH3 is 1. The molecule has 0 aliphatic carbocycles. The second-order valence-electron chi connectivity index (χ2n) is 8.93. The van der Waals surface area contributed by atoms with Crippen molar-refractivity contribution in [3.05, 3.63) is 83.4 Å². The van der Waals surface area contributed by atoms with E-state index in [0.29, 0.717) is 24.7 Å². The van der Waals surface area contributed by atoms with Gasteiger partial charge in [-0.25, -0.2) is 0 Å². The lowest BCUT2D eigenvalue weighted by atomic mass is 9.94. The summed E-state index contributed by atoms with van der Waals surface area (Å²) in [5, 5.41) is 4.21. The Balaban J connectivity index is 1.53. The first kappa shape index (κ1) is 24.5. The highest BCUT2D eigenvalue weighted by molar-refractivity contribution is 5.75. The molecule has 0 amide bonds. The van der Waals surface area contributed by atoms with Gasteiger partial charge < -0.3 is 14.2 Å². The highest BCUT2D eigenvalue weighted by Gasteiger charge is 2.15. The van der Waals surface area contributed by atoms with Crippen LogP contribution in [0.3, 0.4) is 0 Å². The van der Waals surface area contributed by atoms with E-state index < -0.39 is 0 Å². The van der Waals surface area contributed by atoms with Crippen molar-refractivity contribution in [3.8, 4) is 34.0 Å². The third-order valence-electron chi connectivity index (χ3n) is 6.02. The largest absolute Gasteiger partial charge is 0.380 e. The summed E-state index contributed by atoms with van der Waals surface area (Å²) in [6, 6.07) is 22.6. The molecular weight excluding hydrogens is 438 g/mol. The first-order valence-corrected chi connectivity index (χ1v) is 11.7. The first-order chi connectivity index (χ1) is 16.9. The van der Waals surface area contributed by atoms with Gasteiger partial charge in [0.25, 0.3) is 5.89 Å². The maximum absolute atomic E-state index is 11.2. The van der Waals surface area contributed by atoms with Crippen LogP contribution in [0.15, 0.2) is 71.3 Å². The zero-order chi connectivity index (χ0) is 24.8. The number of carbonyl (C=O) groups excluding carboxylic acids is 1. The quantitative estimate of drug-likeness (QED) is 0.286. The van der Waals surface area contributed by atoms with E-state index >= 15 is 0 Å². The summed E-state index contributed by atoms with van der Waals surface area (Å²) in [5.41, 5.74) is 7.52. The molecule has 6 nitrogen and oxygen atoms in total. The van der Waals surface area contributed by atoms with Gasteiger partial charge in [0.05, 0.1) is 6.61 Å². The molecule has 0 aliphatic heterocycles. The van der Waals surface area contributed by atoms with Gasteiger partial charge >= 0.3 is 0 Å². The highest BCUT2D eigenvalue weighted by Crippen LogP contribution is 2.31. The molecule has 1 aromatic heterocycles. The number of carbonyl (C=O) groups is 1. The molecule has 6 heteroatoms. The van der Waals surface area contributed by atoms with Crippen molar-refractivity contribution < 1.29 is 14.1 Å². The van der Waals surface area contributed by atoms with E-state index in [4.69, 9.17) is 9.26 Å². The Labute approximate surface area is 206 Å². The summed E-state index contributed by atoms with van der Waals surface area (Å²) in [6.07, 6.45) is 0.568. The summed E-state index contributed by atoms with van der Waals surface area (Å²) in [4.78, 5) is 18.0. The standard InChI is InChI=1S/C29H31N3O3/c1-20-7-5-6-8-26(20)27-14-13-24(17-25(27)19-34-4)29-30-28(31-35-29)23-11-9-22(10-12-23)18-32(3)16-15-21(2)33/h5-14,17H,15-16,18-19H2,1-4H3. The van der Waals surface area contributed by atoms with Crippen LogP contribution < -0.4 is 0 Å². The van der Waals surface area contributed by atoms with Crippen LogP contribution in [-0.2, 0) is 22.7 Å². The zero-order valence-electron chi connectivity index (χ0n) is 20.7. The third kappa shape index (κ3) is 6.10. The molecule has 0 fully saturated rings. The van der Waals surface area contributed by atoms with Gasteiger partial charge in [0.2, 0.25) is 5.82 Å². The summed E-state index contributed by atoms with van der Waals surface area (Å²) in [7, 11) is 3.72. The van der Waals surface area contributed by atoms with Crippen LogP contribution in [-0.4, -0.2) is 41.5 Å². The van der Waals surface area contributed by atoms with E-state index in [0.717, 1.165) is 35.3 Å². The molecule has 0 saturated carbocycles. The molecule has 1 heterocycles. The number of aryl methyl sites for hydroxylation is 1. The van der Waals surface area contributed by atoms with Crippen molar-refractivity contribution in [2.45, 2.75) is 33.4 Å². The van der Waals surface area contributed by atoms with Crippen LogP contribution in [0, 0.1) is 6.92 Å². The molecule has 0 atom stereocenters. The van der Waals surface area contributed by atoms with Gasteiger partial charge in [-0.3, -0.25) is 4.79 Å². The number of nitrogens with zero attached hydrogens (tertiary/aromatic N) is 3. The average Bonchev–Trinajstić information content (AvgIpc) is 3.34. The first-order valence-electron chi connectivity index (χ1n) is 11.7. The SMILES string of the molecule is COCc1cc(-c2nc(-c3ccc(CN(C)CCC(C)=O)cc3)no2)ccc1-c1ccccc1C. The number of aromatic nitrogens is 2. The van der Waals surface area contributed by atoms with Gasteiger partial charge in [0, 0.05) is 37.7 Å². The molecule has 4 aromatic rings. The third-order valence-corrected chi connectivity index (χ3v) is 6.02. The molecular formula is C29H31N3O3. The van der Waals surface area contributed by atoms with E-state index in [1.165, 1.54) is 16.7 Å². The Hall–Kier alpha value is -3.61. The van der Waals surface area contributed by atoms with Gasteiger partial charge in [-0.1, -0.05) is 59.8 Å². The Morgan fingerprint density at radius 2 is 1.74 bits per heavy atom. The Kier molecular flexibility index (Phi) is 7.85. The van der Waals surface area contributed by atoms with Crippen molar-refractivity contribution in [1.82, 2.24) is 15.0 Å². The second kappa shape index (κ2) is 11.2. The van der Waals surface area contributed by atoms with E-state index in [1.54, 1.807) is 14.0 Å². The molecule has 0 saturated heterocycles. The number of ketones is 1. The number of benzene rings is 3. The van der Waals surface area contributed by atoms with Crippen LogP contribution in [0.25, 0.3) is 34.0 Å². The van der Waals surface area contributed by atoms with Gasteiger partial charge in [-0.05, 0) is 60.8 Å². The van der Waals surface area contributed by atoms with Crippen molar-refractivity contribution in [2.75, 3.05) is 20.7 Å².